The number of benzene rings is 2. The van der Waals surface area contributed by atoms with Crippen LogP contribution in [-0.4, -0.2) is 15.7 Å². The first-order valence-corrected chi connectivity index (χ1v) is 8.64. The van der Waals surface area contributed by atoms with Crippen LogP contribution < -0.4 is 5.11 Å². The van der Waals surface area contributed by atoms with E-state index in [4.69, 9.17) is 5.26 Å². The van der Waals surface area contributed by atoms with Crippen LogP contribution in [0.2, 0.25) is 0 Å². The lowest BCUT2D eigenvalue weighted by atomic mass is 10.0. The molecule has 1 heterocycles. The van der Waals surface area contributed by atoms with E-state index in [0.29, 0.717) is 17.8 Å². The van der Waals surface area contributed by atoms with Gasteiger partial charge in [-0.25, -0.2) is 0 Å². The highest BCUT2D eigenvalue weighted by molar-refractivity contribution is 5.96. The number of carboxylic acids is 1. The van der Waals surface area contributed by atoms with Gasteiger partial charge in [0.25, 0.3) is 0 Å². The van der Waals surface area contributed by atoms with Gasteiger partial charge < -0.3 is 9.90 Å². The molecule has 0 saturated carbocycles. The van der Waals surface area contributed by atoms with Gasteiger partial charge >= 0.3 is 0 Å². The van der Waals surface area contributed by atoms with Crippen LogP contribution in [0.15, 0.2) is 66.4 Å². The zero-order valence-electron chi connectivity index (χ0n) is 14.9. The van der Waals surface area contributed by atoms with E-state index in [1.807, 2.05) is 54.6 Å². The molecule has 0 radical (unpaired) electrons. The standard InChI is InChI=1S/C22H19N3O2/c1-2-16-8-10-18(11-9-16)21-20(12-19(13-23)22(26)27)15-25(24-21)14-17-6-4-3-5-7-17/h3-12,15H,2,14H2,1H3,(H,26,27)/p-1/b19-12+. The maximum Gasteiger partial charge on any atom is 0.101 e. The molecule has 134 valence electrons. The number of hydrogen-bond acceptors (Lipinski definition) is 4. The van der Waals surface area contributed by atoms with Crippen LogP contribution in [0, 0.1) is 11.3 Å². The molecular weight excluding hydrogens is 338 g/mol. The van der Waals surface area contributed by atoms with Crippen LogP contribution in [0.1, 0.15) is 23.6 Å². The van der Waals surface area contributed by atoms with Crippen molar-refractivity contribution in [3.8, 4) is 17.3 Å². The van der Waals surface area contributed by atoms with Crippen LogP contribution in [0.5, 0.6) is 0 Å². The lowest BCUT2D eigenvalue weighted by molar-refractivity contribution is -0.298. The van der Waals surface area contributed by atoms with E-state index < -0.39 is 11.5 Å². The lowest BCUT2D eigenvalue weighted by Crippen LogP contribution is -2.23. The molecule has 3 aromatic rings. The zero-order chi connectivity index (χ0) is 19.2. The lowest BCUT2D eigenvalue weighted by Gasteiger charge is -2.03. The van der Waals surface area contributed by atoms with Crippen molar-refractivity contribution in [2.45, 2.75) is 19.9 Å². The van der Waals surface area contributed by atoms with Crippen LogP contribution in [0.4, 0.5) is 0 Å². The van der Waals surface area contributed by atoms with E-state index in [9.17, 15) is 9.90 Å². The third-order valence-corrected chi connectivity index (χ3v) is 4.25. The molecule has 0 aliphatic carbocycles. The van der Waals surface area contributed by atoms with Gasteiger partial charge in [-0.2, -0.15) is 10.4 Å². The van der Waals surface area contributed by atoms with Crippen molar-refractivity contribution in [1.82, 2.24) is 9.78 Å². The molecule has 0 N–H and O–H groups in total. The Balaban J connectivity index is 2.05. The predicted molar refractivity (Wildman–Crippen MR) is 101 cm³/mol. The largest absolute Gasteiger partial charge is 0.544 e. The number of nitrogens with zero attached hydrogens (tertiary/aromatic N) is 3. The van der Waals surface area contributed by atoms with E-state index in [1.54, 1.807) is 16.9 Å². The van der Waals surface area contributed by atoms with Crippen molar-refractivity contribution in [2.75, 3.05) is 0 Å². The Morgan fingerprint density at radius 1 is 1.15 bits per heavy atom. The average molecular weight is 356 g/mol. The predicted octanol–water partition coefficient (Wildman–Crippen LogP) is 2.82. The number of carboxylic acid groups (broad SMARTS) is 1. The molecule has 27 heavy (non-hydrogen) atoms. The number of aliphatic carboxylic acids is 1. The minimum atomic E-state index is -1.50. The summed E-state index contributed by atoms with van der Waals surface area (Å²) < 4.78 is 1.74. The zero-order valence-corrected chi connectivity index (χ0v) is 14.9. The van der Waals surface area contributed by atoms with Crippen molar-refractivity contribution in [3.63, 3.8) is 0 Å². The third kappa shape index (κ3) is 4.31. The Bertz CT molecular complexity index is 1010. The summed E-state index contributed by atoms with van der Waals surface area (Å²) in [4.78, 5) is 11.1. The molecule has 0 bridgehead atoms. The van der Waals surface area contributed by atoms with Crippen molar-refractivity contribution >= 4 is 12.0 Å². The van der Waals surface area contributed by atoms with E-state index >= 15 is 0 Å². The van der Waals surface area contributed by atoms with Gasteiger partial charge in [-0.3, -0.25) is 4.68 Å². The van der Waals surface area contributed by atoms with E-state index in [-0.39, 0.29) is 0 Å². The Labute approximate surface area is 157 Å². The number of aryl methyl sites for hydroxylation is 1. The smallest absolute Gasteiger partial charge is 0.101 e. The molecule has 0 fully saturated rings. The van der Waals surface area contributed by atoms with Crippen LogP contribution >= 0.6 is 0 Å². The van der Waals surface area contributed by atoms with E-state index in [2.05, 4.69) is 12.0 Å². The molecule has 0 saturated heterocycles. The summed E-state index contributed by atoms with van der Waals surface area (Å²) in [5.41, 5.74) is 3.90. The van der Waals surface area contributed by atoms with Crippen LogP contribution in [-0.2, 0) is 17.8 Å². The van der Waals surface area contributed by atoms with Gasteiger partial charge in [0.15, 0.2) is 0 Å². The molecule has 0 amide bonds. The molecule has 0 spiro atoms. The second-order valence-corrected chi connectivity index (χ2v) is 6.12. The second-order valence-electron chi connectivity index (χ2n) is 6.12. The molecular formula is C22H18N3O2-. The SMILES string of the molecule is CCc1ccc(-c2nn(Cc3ccccc3)cc2/C=C(\C#N)C(=O)[O-])cc1. The summed E-state index contributed by atoms with van der Waals surface area (Å²) in [5.74, 6) is -1.50. The molecule has 2 aromatic carbocycles. The summed E-state index contributed by atoms with van der Waals surface area (Å²) in [6, 6.07) is 19.5. The molecule has 5 nitrogen and oxygen atoms in total. The number of nitriles is 1. The van der Waals surface area contributed by atoms with Gasteiger partial charge in [0, 0.05) is 17.3 Å². The summed E-state index contributed by atoms with van der Waals surface area (Å²) in [6.45, 7) is 2.62. The van der Waals surface area contributed by atoms with Crippen LogP contribution in [0.25, 0.3) is 17.3 Å². The molecule has 0 aliphatic heterocycles. The second kappa shape index (κ2) is 8.15. The first kappa shape index (κ1) is 18.2. The van der Waals surface area contributed by atoms with E-state index in [1.165, 1.54) is 11.6 Å². The first-order chi connectivity index (χ1) is 13.1. The highest BCUT2D eigenvalue weighted by atomic mass is 16.4. The Morgan fingerprint density at radius 2 is 1.85 bits per heavy atom. The summed E-state index contributed by atoms with van der Waals surface area (Å²) in [6.07, 6.45) is 3.99. The monoisotopic (exact) mass is 356 g/mol. The number of carbonyl (C=O) groups excluding carboxylic acids is 1. The average Bonchev–Trinajstić information content (AvgIpc) is 3.09. The fourth-order valence-corrected chi connectivity index (χ4v) is 2.81. The molecule has 0 unspecified atom stereocenters. The number of aromatic nitrogens is 2. The number of hydrogen-bond donors (Lipinski definition) is 0. The maximum absolute atomic E-state index is 11.1. The van der Waals surface area contributed by atoms with Crippen molar-refractivity contribution in [3.05, 3.63) is 83.1 Å². The summed E-state index contributed by atoms with van der Waals surface area (Å²) in [7, 11) is 0. The topological polar surface area (TPSA) is 81.7 Å². The Morgan fingerprint density at radius 3 is 2.44 bits per heavy atom. The fraction of sp³-hybridized carbons (Fsp3) is 0.136. The minimum absolute atomic E-state index is 0.430. The van der Waals surface area contributed by atoms with Gasteiger partial charge in [-0.15, -0.1) is 0 Å². The van der Waals surface area contributed by atoms with Gasteiger partial charge in [-0.05, 0) is 23.6 Å². The number of carbonyl (C=O) groups is 1. The fourth-order valence-electron chi connectivity index (χ4n) is 2.81. The van der Waals surface area contributed by atoms with Gasteiger partial charge in [0.2, 0.25) is 0 Å². The number of rotatable bonds is 6. The van der Waals surface area contributed by atoms with Crippen molar-refractivity contribution < 1.29 is 9.90 Å². The normalized spacial score (nSPS) is 11.2. The molecule has 5 heteroatoms. The third-order valence-electron chi connectivity index (χ3n) is 4.25. The Kier molecular flexibility index (Phi) is 5.48. The van der Waals surface area contributed by atoms with Crippen molar-refractivity contribution in [2.24, 2.45) is 0 Å². The quantitative estimate of drug-likeness (QED) is 0.502. The first-order valence-electron chi connectivity index (χ1n) is 8.64. The summed E-state index contributed by atoms with van der Waals surface area (Å²) in [5, 5.41) is 24.8. The summed E-state index contributed by atoms with van der Waals surface area (Å²) >= 11 is 0. The molecule has 0 aliphatic rings. The van der Waals surface area contributed by atoms with Crippen LogP contribution in [0.3, 0.4) is 0 Å². The maximum atomic E-state index is 11.1. The highest BCUT2D eigenvalue weighted by Gasteiger charge is 2.12. The van der Waals surface area contributed by atoms with Gasteiger partial charge in [0.05, 0.1) is 23.8 Å². The molecule has 0 atom stereocenters. The molecule has 1 aromatic heterocycles. The minimum Gasteiger partial charge on any atom is -0.544 e. The highest BCUT2D eigenvalue weighted by Crippen LogP contribution is 2.25. The molecule has 3 rings (SSSR count). The van der Waals surface area contributed by atoms with Gasteiger partial charge in [0.1, 0.15) is 6.07 Å². The Hall–Kier alpha value is -3.65. The van der Waals surface area contributed by atoms with Gasteiger partial charge in [-0.1, -0.05) is 61.5 Å². The van der Waals surface area contributed by atoms with Crippen molar-refractivity contribution in [1.29, 1.82) is 5.26 Å². The van der Waals surface area contributed by atoms with E-state index in [0.717, 1.165) is 17.5 Å².